The van der Waals surface area contributed by atoms with E-state index in [0.29, 0.717) is 27.1 Å². The molecule has 0 spiro atoms. The van der Waals surface area contributed by atoms with E-state index in [1.807, 2.05) is 30.3 Å². The Hall–Kier alpha value is -2.17. The molecule has 0 atom stereocenters. The molecule has 0 radical (unpaired) electrons. The third kappa shape index (κ3) is 2.96. The Morgan fingerprint density at radius 1 is 1.14 bits per heavy atom. The highest BCUT2D eigenvalue weighted by Gasteiger charge is 2.07. The minimum Gasteiger partial charge on any atom is -0.454 e. The van der Waals surface area contributed by atoms with Gasteiger partial charge in [0.25, 0.3) is 0 Å². The second-order valence-electron chi connectivity index (χ2n) is 4.48. The van der Waals surface area contributed by atoms with Gasteiger partial charge in [0, 0.05) is 10.9 Å². The molecule has 0 aliphatic carbocycles. The van der Waals surface area contributed by atoms with E-state index in [9.17, 15) is 0 Å². The Morgan fingerprint density at radius 3 is 2.71 bits per heavy atom. The van der Waals surface area contributed by atoms with Gasteiger partial charge in [0.05, 0.1) is 16.7 Å². The zero-order chi connectivity index (χ0) is 14.8. The first kappa shape index (κ1) is 13.8. The molecule has 21 heavy (non-hydrogen) atoms. The van der Waals surface area contributed by atoms with Crippen LogP contribution in [0.4, 0.5) is 0 Å². The first-order valence-electron chi connectivity index (χ1n) is 6.25. The molecule has 0 aliphatic rings. The maximum atomic E-state index is 6.18. The predicted molar refractivity (Wildman–Crippen MR) is 89.2 cm³/mol. The number of benzene rings is 2. The van der Waals surface area contributed by atoms with E-state index >= 15 is 0 Å². The molecule has 2 N–H and O–H groups in total. The van der Waals surface area contributed by atoms with Crippen LogP contribution < -0.4 is 10.5 Å². The molecule has 0 saturated heterocycles. The molecule has 0 saturated carbocycles. The van der Waals surface area contributed by atoms with E-state index in [-0.39, 0.29) is 0 Å². The van der Waals surface area contributed by atoms with Crippen molar-refractivity contribution in [2.75, 3.05) is 0 Å². The predicted octanol–water partition coefficient (Wildman–Crippen LogP) is 4.31. The van der Waals surface area contributed by atoms with Crippen LogP contribution in [0.1, 0.15) is 5.56 Å². The smallest absolute Gasteiger partial charge is 0.146 e. The van der Waals surface area contributed by atoms with Crippen molar-refractivity contribution in [1.29, 1.82) is 0 Å². The molecule has 1 heterocycles. The summed E-state index contributed by atoms with van der Waals surface area (Å²) in [4.78, 5) is 4.65. The van der Waals surface area contributed by atoms with Crippen LogP contribution in [-0.4, -0.2) is 9.97 Å². The number of para-hydroxylation sites is 1. The summed E-state index contributed by atoms with van der Waals surface area (Å²) < 4.78 is 5.77. The molecular formula is C16H11ClN2OS. The van der Waals surface area contributed by atoms with Gasteiger partial charge in [-0.05, 0) is 30.3 Å². The summed E-state index contributed by atoms with van der Waals surface area (Å²) in [6.07, 6.45) is 1.67. The average molecular weight is 315 g/mol. The van der Waals surface area contributed by atoms with E-state index in [4.69, 9.17) is 34.3 Å². The Morgan fingerprint density at radius 2 is 1.95 bits per heavy atom. The highest BCUT2D eigenvalue weighted by Crippen LogP contribution is 2.31. The second-order valence-corrected chi connectivity index (χ2v) is 5.32. The van der Waals surface area contributed by atoms with E-state index in [1.54, 1.807) is 24.4 Å². The van der Waals surface area contributed by atoms with Gasteiger partial charge in [0.1, 0.15) is 16.5 Å². The van der Waals surface area contributed by atoms with Crippen LogP contribution in [0.2, 0.25) is 5.02 Å². The molecule has 0 unspecified atom stereocenters. The Balaban J connectivity index is 1.93. The Kier molecular flexibility index (Phi) is 3.73. The largest absolute Gasteiger partial charge is 0.454 e. The topological polar surface area (TPSA) is 48.1 Å². The maximum Gasteiger partial charge on any atom is 0.146 e. The molecule has 2 aromatic carbocycles. The number of nitrogens with two attached hydrogens (primary N) is 1. The van der Waals surface area contributed by atoms with E-state index in [0.717, 1.165) is 10.9 Å². The Bertz CT molecular complexity index is 835. The molecule has 0 bridgehead atoms. The van der Waals surface area contributed by atoms with E-state index < -0.39 is 0 Å². The number of pyridine rings is 1. The van der Waals surface area contributed by atoms with Crippen molar-refractivity contribution in [1.82, 2.24) is 4.98 Å². The summed E-state index contributed by atoms with van der Waals surface area (Å²) in [5.74, 6) is 1.16. The highest BCUT2D eigenvalue weighted by molar-refractivity contribution is 7.80. The second kappa shape index (κ2) is 5.68. The first-order chi connectivity index (χ1) is 10.1. The summed E-state index contributed by atoms with van der Waals surface area (Å²) in [5.41, 5.74) is 7.19. The number of hydrogen-bond acceptors (Lipinski definition) is 3. The first-order valence-corrected chi connectivity index (χ1v) is 7.04. The summed E-state index contributed by atoms with van der Waals surface area (Å²) in [6.45, 7) is 0. The highest BCUT2D eigenvalue weighted by atomic mass is 35.5. The lowest BCUT2D eigenvalue weighted by Crippen LogP contribution is -2.08. The van der Waals surface area contributed by atoms with Gasteiger partial charge in [-0.1, -0.05) is 42.0 Å². The van der Waals surface area contributed by atoms with Crippen LogP contribution in [0.5, 0.6) is 11.5 Å². The lowest BCUT2D eigenvalue weighted by molar-refractivity contribution is 0.481. The van der Waals surface area contributed by atoms with Crippen molar-refractivity contribution in [2.45, 2.75) is 0 Å². The van der Waals surface area contributed by atoms with Gasteiger partial charge in [0.2, 0.25) is 0 Å². The van der Waals surface area contributed by atoms with Gasteiger partial charge < -0.3 is 10.5 Å². The van der Waals surface area contributed by atoms with Gasteiger partial charge in [-0.2, -0.15) is 0 Å². The molecule has 3 aromatic rings. The fourth-order valence-corrected chi connectivity index (χ4v) is 2.32. The number of aromatic nitrogens is 1. The van der Waals surface area contributed by atoms with Crippen molar-refractivity contribution < 1.29 is 4.74 Å². The summed E-state index contributed by atoms with van der Waals surface area (Å²) in [6, 6.07) is 15.0. The lowest BCUT2D eigenvalue weighted by atomic mass is 10.2. The molecule has 3 rings (SSSR count). The third-order valence-electron chi connectivity index (χ3n) is 3.01. The quantitative estimate of drug-likeness (QED) is 0.732. The van der Waals surface area contributed by atoms with Crippen molar-refractivity contribution in [3.8, 4) is 11.5 Å². The number of fused-ring (bicyclic) bond motifs is 1. The standard InChI is InChI=1S/C16H11ClN2OS/c17-13-8-11(16(18)21)5-6-15(13)20-12-7-10-3-1-2-4-14(10)19-9-12/h1-9H,(H2,18,21). The van der Waals surface area contributed by atoms with Gasteiger partial charge in [-0.3, -0.25) is 4.98 Å². The number of ether oxygens (including phenoxy) is 1. The van der Waals surface area contributed by atoms with Gasteiger partial charge in [0.15, 0.2) is 0 Å². The van der Waals surface area contributed by atoms with Gasteiger partial charge in [-0.15, -0.1) is 0 Å². The number of halogens is 1. The number of nitrogens with zero attached hydrogens (tertiary/aromatic N) is 1. The van der Waals surface area contributed by atoms with Gasteiger partial charge in [-0.25, -0.2) is 0 Å². The lowest BCUT2D eigenvalue weighted by Gasteiger charge is -2.09. The fourth-order valence-electron chi connectivity index (χ4n) is 1.97. The van der Waals surface area contributed by atoms with Crippen molar-refractivity contribution >= 4 is 39.7 Å². The van der Waals surface area contributed by atoms with Crippen LogP contribution in [0.25, 0.3) is 10.9 Å². The van der Waals surface area contributed by atoms with Crippen LogP contribution in [0.3, 0.4) is 0 Å². The SMILES string of the molecule is NC(=S)c1ccc(Oc2cnc3ccccc3c2)c(Cl)c1. The number of rotatable bonds is 3. The summed E-state index contributed by atoms with van der Waals surface area (Å²) >= 11 is 11.1. The van der Waals surface area contributed by atoms with E-state index in [1.165, 1.54) is 0 Å². The van der Waals surface area contributed by atoms with Crippen LogP contribution >= 0.6 is 23.8 Å². The van der Waals surface area contributed by atoms with E-state index in [2.05, 4.69) is 4.98 Å². The molecule has 5 heteroatoms. The monoisotopic (exact) mass is 314 g/mol. The third-order valence-corrected chi connectivity index (χ3v) is 3.54. The number of thiocarbonyl (C=S) groups is 1. The zero-order valence-corrected chi connectivity index (χ0v) is 12.5. The van der Waals surface area contributed by atoms with Crippen molar-refractivity contribution in [3.05, 3.63) is 65.3 Å². The Labute approximate surface area is 132 Å². The van der Waals surface area contributed by atoms with Crippen molar-refractivity contribution in [3.63, 3.8) is 0 Å². The van der Waals surface area contributed by atoms with Gasteiger partial charge >= 0.3 is 0 Å². The maximum absolute atomic E-state index is 6.18. The minimum absolute atomic E-state index is 0.302. The minimum atomic E-state index is 0.302. The van der Waals surface area contributed by atoms with Crippen LogP contribution in [0, 0.1) is 0 Å². The average Bonchev–Trinajstić information content (AvgIpc) is 2.49. The van der Waals surface area contributed by atoms with Crippen molar-refractivity contribution in [2.24, 2.45) is 5.73 Å². The summed E-state index contributed by atoms with van der Waals surface area (Å²) in [7, 11) is 0. The number of hydrogen-bond donors (Lipinski definition) is 1. The molecular weight excluding hydrogens is 304 g/mol. The van der Waals surface area contributed by atoms with Crippen LogP contribution in [-0.2, 0) is 0 Å². The fraction of sp³-hybridized carbons (Fsp3) is 0. The van der Waals surface area contributed by atoms with Crippen LogP contribution in [0.15, 0.2) is 54.7 Å². The molecule has 3 nitrogen and oxygen atoms in total. The molecule has 0 amide bonds. The normalized spacial score (nSPS) is 10.5. The summed E-state index contributed by atoms with van der Waals surface area (Å²) in [5, 5.41) is 1.46. The molecule has 0 fully saturated rings. The molecule has 1 aromatic heterocycles. The zero-order valence-electron chi connectivity index (χ0n) is 10.9. The molecule has 0 aliphatic heterocycles. The molecule has 104 valence electrons.